The van der Waals surface area contributed by atoms with E-state index in [0.717, 1.165) is 13.1 Å². The molecule has 0 spiro atoms. The minimum atomic E-state index is -0.0642. The Kier molecular flexibility index (Phi) is 5.74. The Morgan fingerprint density at radius 1 is 1.52 bits per heavy atom. The van der Waals surface area contributed by atoms with Crippen LogP contribution in [0.25, 0.3) is 0 Å². The van der Waals surface area contributed by atoms with E-state index in [1.807, 2.05) is 31.2 Å². The van der Waals surface area contributed by atoms with Crippen LogP contribution in [0.5, 0.6) is 5.75 Å². The van der Waals surface area contributed by atoms with E-state index in [1.165, 1.54) is 12.8 Å². The molecule has 0 bridgehead atoms. The van der Waals surface area contributed by atoms with E-state index in [1.54, 1.807) is 0 Å². The van der Waals surface area contributed by atoms with Crippen molar-refractivity contribution in [3.8, 4) is 5.75 Å². The van der Waals surface area contributed by atoms with Gasteiger partial charge < -0.3 is 15.4 Å². The molecule has 5 heteroatoms. The average molecular weight is 310 g/mol. The van der Waals surface area contributed by atoms with Crippen LogP contribution in [0.1, 0.15) is 26.7 Å². The number of hydrogen-bond donors (Lipinski definition) is 1. The van der Waals surface area contributed by atoms with Crippen molar-refractivity contribution in [3.63, 3.8) is 0 Å². The van der Waals surface area contributed by atoms with E-state index >= 15 is 0 Å². The van der Waals surface area contributed by atoms with E-state index in [2.05, 4.69) is 16.8 Å². The predicted molar refractivity (Wildman–Crippen MR) is 88.0 cm³/mol. The van der Waals surface area contributed by atoms with E-state index < -0.39 is 0 Å². The first kappa shape index (κ1) is 16.0. The van der Waals surface area contributed by atoms with Crippen molar-refractivity contribution in [2.75, 3.05) is 19.6 Å². The van der Waals surface area contributed by atoms with Gasteiger partial charge in [-0.2, -0.15) is 0 Å². The molecule has 116 valence electrons. The molecular formula is C16H24ClN3O. The van der Waals surface area contributed by atoms with Crippen LogP contribution in [0.3, 0.4) is 0 Å². The Hall–Kier alpha value is -1.42. The van der Waals surface area contributed by atoms with E-state index in [9.17, 15) is 0 Å². The number of nitrogens with two attached hydrogens (primary N) is 1. The number of piperidine rings is 1. The molecule has 1 aromatic rings. The maximum atomic E-state index is 6.08. The topological polar surface area (TPSA) is 50.8 Å². The summed E-state index contributed by atoms with van der Waals surface area (Å²) in [5.41, 5.74) is 6.08. The third kappa shape index (κ3) is 4.81. The summed E-state index contributed by atoms with van der Waals surface area (Å²) >= 11 is 6.08. The third-order valence-electron chi connectivity index (χ3n) is 3.66. The third-order valence-corrected chi connectivity index (χ3v) is 3.97. The van der Waals surface area contributed by atoms with Crippen molar-refractivity contribution in [2.45, 2.75) is 32.8 Å². The Bertz CT molecular complexity index is 492. The summed E-state index contributed by atoms with van der Waals surface area (Å²) in [6.07, 6.45) is 2.39. The number of likely N-dealkylation sites (tertiary alicyclic amines) is 1. The number of rotatable bonds is 4. The number of nitrogens with zero attached hydrogens (tertiary/aromatic N) is 2. The van der Waals surface area contributed by atoms with Gasteiger partial charge in [0.1, 0.15) is 11.9 Å². The molecular weight excluding hydrogens is 286 g/mol. The summed E-state index contributed by atoms with van der Waals surface area (Å²) in [4.78, 5) is 6.62. The molecule has 0 amide bonds. The van der Waals surface area contributed by atoms with Gasteiger partial charge in [0.25, 0.3) is 0 Å². The summed E-state index contributed by atoms with van der Waals surface area (Å²) in [5.74, 6) is 1.99. The molecule has 0 saturated carbocycles. The van der Waals surface area contributed by atoms with Gasteiger partial charge in [-0.05, 0) is 37.8 Å². The van der Waals surface area contributed by atoms with Crippen molar-refractivity contribution >= 4 is 17.6 Å². The fourth-order valence-electron chi connectivity index (χ4n) is 2.51. The number of ether oxygens (including phenoxy) is 1. The van der Waals surface area contributed by atoms with E-state index in [0.29, 0.717) is 29.2 Å². The molecule has 2 N–H and O–H groups in total. The number of hydrogen-bond acceptors (Lipinski definition) is 2. The highest BCUT2D eigenvalue weighted by molar-refractivity contribution is 6.32. The fraction of sp³-hybridized carbons (Fsp3) is 0.562. The molecule has 2 rings (SSSR count). The molecule has 4 nitrogen and oxygen atoms in total. The zero-order chi connectivity index (χ0) is 15.2. The van der Waals surface area contributed by atoms with Crippen LogP contribution in [0.4, 0.5) is 0 Å². The van der Waals surface area contributed by atoms with Gasteiger partial charge in [0.15, 0.2) is 5.96 Å². The maximum Gasteiger partial charge on any atom is 0.191 e. The Morgan fingerprint density at radius 3 is 3.00 bits per heavy atom. The molecule has 1 fully saturated rings. The smallest absolute Gasteiger partial charge is 0.191 e. The molecule has 0 aromatic heterocycles. The summed E-state index contributed by atoms with van der Waals surface area (Å²) < 4.78 is 5.79. The molecule has 1 aliphatic heterocycles. The van der Waals surface area contributed by atoms with Gasteiger partial charge in [0.05, 0.1) is 11.6 Å². The molecule has 1 aliphatic rings. The quantitative estimate of drug-likeness (QED) is 0.686. The molecule has 21 heavy (non-hydrogen) atoms. The number of halogens is 1. The second-order valence-corrected chi connectivity index (χ2v) is 6.16. The average Bonchev–Trinajstić information content (AvgIpc) is 2.47. The first-order valence-corrected chi connectivity index (χ1v) is 7.90. The number of aliphatic imine (C=N–C) groups is 1. The van der Waals surface area contributed by atoms with Crippen molar-refractivity contribution in [1.82, 2.24) is 4.90 Å². The molecule has 2 atom stereocenters. The van der Waals surface area contributed by atoms with Crippen molar-refractivity contribution in [2.24, 2.45) is 16.6 Å². The van der Waals surface area contributed by atoms with Gasteiger partial charge in [-0.15, -0.1) is 0 Å². The lowest BCUT2D eigenvalue weighted by molar-refractivity contribution is 0.228. The predicted octanol–water partition coefficient (Wildman–Crippen LogP) is 3.15. The SMILES string of the molecule is CC1CCCN(C(N)=NCC(C)Oc2ccccc2Cl)C1. The maximum absolute atomic E-state index is 6.08. The van der Waals surface area contributed by atoms with Gasteiger partial charge in [0, 0.05) is 13.1 Å². The first-order chi connectivity index (χ1) is 10.1. The number of guanidine groups is 1. The Balaban J connectivity index is 1.86. The van der Waals surface area contributed by atoms with Crippen LogP contribution in [0.15, 0.2) is 29.3 Å². The van der Waals surface area contributed by atoms with Crippen molar-refractivity contribution < 1.29 is 4.74 Å². The van der Waals surface area contributed by atoms with E-state index in [-0.39, 0.29) is 6.10 Å². The lowest BCUT2D eigenvalue weighted by Crippen LogP contribution is -2.43. The monoisotopic (exact) mass is 309 g/mol. The first-order valence-electron chi connectivity index (χ1n) is 7.52. The molecule has 0 radical (unpaired) electrons. The standard InChI is InChI=1S/C16H24ClN3O/c1-12-6-5-9-20(11-12)16(18)19-10-13(2)21-15-8-4-3-7-14(15)17/h3-4,7-8,12-13H,5-6,9-11H2,1-2H3,(H2,18,19). The normalized spacial score (nSPS) is 21.2. The molecule has 2 unspecified atom stereocenters. The van der Waals surface area contributed by atoms with E-state index in [4.69, 9.17) is 22.1 Å². The number of para-hydroxylation sites is 1. The molecule has 0 aliphatic carbocycles. The summed E-state index contributed by atoms with van der Waals surface area (Å²) in [6, 6.07) is 7.46. The second-order valence-electron chi connectivity index (χ2n) is 5.75. The molecule has 1 saturated heterocycles. The zero-order valence-electron chi connectivity index (χ0n) is 12.8. The molecule has 1 aromatic carbocycles. The minimum Gasteiger partial charge on any atom is -0.487 e. The largest absolute Gasteiger partial charge is 0.487 e. The van der Waals surface area contributed by atoms with Crippen LogP contribution in [-0.2, 0) is 0 Å². The van der Waals surface area contributed by atoms with Crippen molar-refractivity contribution in [3.05, 3.63) is 29.3 Å². The molecule has 1 heterocycles. The van der Waals surface area contributed by atoms with Gasteiger partial charge in [-0.25, -0.2) is 4.99 Å². The Labute approximate surface area is 131 Å². The highest BCUT2D eigenvalue weighted by Gasteiger charge is 2.17. The lowest BCUT2D eigenvalue weighted by atomic mass is 10.0. The second kappa shape index (κ2) is 7.55. The van der Waals surface area contributed by atoms with Crippen molar-refractivity contribution in [1.29, 1.82) is 0 Å². The van der Waals surface area contributed by atoms with Crippen LogP contribution >= 0.6 is 11.6 Å². The van der Waals surface area contributed by atoms with Crippen LogP contribution in [-0.4, -0.2) is 36.6 Å². The van der Waals surface area contributed by atoms with Gasteiger partial charge in [-0.3, -0.25) is 0 Å². The summed E-state index contributed by atoms with van der Waals surface area (Å²) in [6.45, 7) is 6.75. The summed E-state index contributed by atoms with van der Waals surface area (Å²) in [7, 11) is 0. The number of benzene rings is 1. The highest BCUT2D eigenvalue weighted by atomic mass is 35.5. The summed E-state index contributed by atoms with van der Waals surface area (Å²) in [5, 5.41) is 0.617. The van der Waals surface area contributed by atoms with Crippen LogP contribution < -0.4 is 10.5 Å². The van der Waals surface area contributed by atoms with Gasteiger partial charge in [-0.1, -0.05) is 30.7 Å². The highest BCUT2D eigenvalue weighted by Crippen LogP contribution is 2.24. The zero-order valence-corrected chi connectivity index (χ0v) is 13.5. The van der Waals surface area contributed by atoms with Gasteiger partial charge >= 0.3 is 0 Å². The minimum absolute atomic E-state index is 0.0642. The van der Waals surface area contributed by atoms with Crippen LogP contribution in [0.2, 0.25) is 5.02 Å². The van der Waals surface area contributed by atoms with Gasteiger partial charge in [0.2, 0.25) is 0 Å². The Morgan fingerprint density at radius 2 is 2.29 bits per heavy atom. The van der Waals surface area contributed by atoms with Crippen LogP contribution in [0, 0.1) is 5.92 Å². The fourth-order valence-corrected chi connectivity index (χ4v) is 2.69. The lowest BCUT2D eigenvalue weighted by Gasteiger charge is -2.31.